The molecule has 0 aromatic rings. The number of carbonyl (C=O) groups excluding carboxylic acids is 1. The first-order valence-electron chi connectivity index (χ1n) is 23.2. The Morgan fingerprint density at radius 3 is 1.54 bits per heavy atom. The van der Waals surface area contributed by atoms with Gasteiger partial charge in [0.2, 0.25) is 0 Å². The average Bonchev–Trinajstić information content (AvgIpc) is 3.15. The second-order valence-corrected chi connectivity index (χ2v) is 18.2. The molecule has 0 aliphatic heterocycles. The van der Waals surface area contributed by atoms with Gasteiger partial charge in [0.05, 0.1) is 34.4 Å². The summed E-state index contributed by atoms with van der Waals surface area (Å²) in [6.07, 6.45) is 47.4. The average molecular weight is 812 g/mol. The van der Waals surface area contributed by atoms with Gasteiger partial charge in [0.1, 0.15) is 19.3 Å². The minimum absolute atomic E-state index is 0.0211. The number of esters is 1. The van der Waals surface area contributed by atoms with Gasteiger partial charge in [0.15, 0.2) is 0 Å². The maximum atomic E-state index is 12.7. The molecule has 9 heteroatoms. The van der Waals surface area contributed by atoms with Gasteiger partial charge in [0.25, 0.3) is 7.82 Å². The van der Waals surface area contributed by atoms with Crippen LogP contribution in [0.3, 0.4) is 0 Å². The molecule has 0 spiro atoms. The van der Waals surface area contributed by atoms with Crippen LogP contribution in [0.5, 0.6) is 0 Å². The molecular formula is C47H90NO7P. The Hall–Kier alpha value is -1.28. The second kappa shape index (κ2) is 40.5. The van der Waals surface area contributed by atoms with Crippen molar-refractivity contribution >= 4 is 13.8 Å². The van der Waals surface area contributed by atoms with Crippen LogP contribution in [0.1, 0.15) is 200 Å². The van der Waals surface area contributed by atoms with E-state index in [2.05, 4.69) is 50.3 Å². The van der Waals surface area contributed by atoms with Crippen LogP contribution in [-0.4, -0.2) is 70.7 Å². The minimum Gasteiger partial charge on any atom is -0.756 e. The number of hydrogen-bond acceptors (Lipinski definition) is 7. The van der Waals surface area contributed by atoms with Crippen molar-refractivity contribution in [3.63, 3.8) is 0 Å². The molecule has 0 saturated carbocycles. The third-order valence-electron chi connectivity index (χ3n) is 9.96. The van der Waals surface area contributed by atoms with Gasteiger partial charge in [-0.05, 0) is 44.9 Å². The third-order valence-corrected chi connectivity index (χ3v) is 10.9. The van der Waals surface area contributed by atoms with Crippen LogP contribution in [0, 0.1) is 0 Å². The van der Waals surface area contributed by atoms with E-state index in [1.54, 1.807) is 0 Å². The largest absolute Gasteiger partial charge is 0.756 e. The van der Waals surface area contributed by atoms with Crippen LogP contribution in [0.15, 0.2) is 36.5 Å². The van der Waals surface area contributed by atoms with Crippen molar-refractivity contribution in [1.29, 1.82) is 0 Å². The van der Waals surface area contributed by atoms with Gasteiger partial charge >= 0.3 is 5.97 Å². The topological polar surface area (TPSA) is 94.1 Å². The summed E-state index contributed by atoms with van der Waals surface area (Å²) >= 11 is 0. The van der Waals surface area contributed by atoms with Gasteiger partial charge in [-0.3, -0.25) is 9.36 Å². The normalized spacial score (nSPS) is 14.0. The summed E-state index contributed by atoms with van der Waals surface area (Å²) in [4.78, 5) is 25.0. The quantitative estimate of drug-likeness (QED) is 0.0199. The van der Waals surface area contributed by atoms with Crippen LogP contribution >= 0.6 is 7.82 Å². The van der Waals surface area contributed by atoms with Crippen LogP contribution in [0.4, 0.5) is 0 Å². The van der Waals surface area contributed by atoms with Crippen molar-refractivity contribution in [3.8, 4) is 0 Å². The Morgan fingerprint density at radius 1 is 0.571 bits per heavy atom. The van der Waals surface area contributed by atoms with Crippen molar-refractivity contribution in [2.45, 2.75) is 206 Å². The molecular weight excluding hydrogens is 721 g/mol. The number of hydrogen-bond donors (Lipinski definition) is 0. The van der Waals surface area contributed by atoms with Crippen molar-refractivity contribution in [1.82, 2.24) is 0 Å². The molecule has 0 aromatic carbocycles. The van der Waals surface area contributed by atoms with E-state index in [9.17, 15) is 14.3 Å². The zero-order valence-electron chi connectivity index (χ0n) is 37.3. The smallest absolute Gasteiger partial charge is 0.306 e. The first-order valence-corrected chi connectivity index (χ1v) is 24.7. The lowest BCUT2D eigenvalue weighted by Gasteiger charge is -2.28. The standard InChI is InChI=1S/C47H90NO7P/c1-6-8-10-12-14-16-18-20-21-22-23-24-25-26-27-29-31-33-35-37-39-42-52-44-46(45-54-56(50,51)53-43-41-48(3,4)5)55-47(49)40-38-36-34-32-30-28-19-17-15-13-11-9-7-2/h9,11,15,17,28,30,46H,6-8,10,12-14,16,18-27,29,31-45H2,1-5H3/b11-9-,17-15-,30-28-. The molecule has 2 atom stereocenters. The summed E-state index contributed by atoms with van der Waals surface area (Å²) in [6, 6.07) is 0. The van der Waals surface area contributed by atoms with E-state index in [-0.39, 0.29) is 32.2 Å². The number of allylic oxidation sites excluding steroid dienone is 6. The van der Waals surface area contributed by atoms with Crippen LogP contribution in [0.2, 0.25) is 0 Å². The maximum Gasteiger partial charge on any atom is 0.306 e. The van der Waals surface area contributed by atoms with Crippen molar-refractivity contribution in [2.75, 3.05) is 54.1 Å². The third kappa shape index (κ3) is 43.8. The first-order chi connectivity index (χ1) is 27.1. The summed E-state index contributed by atoms with van der Waals surface area (Å²) in [6.45, 7) is 5.28. The molecule has 56 heavy (non-hydrogen) atoms. The van der Waals surface area contributed by atoms with Crippen LogP contribution in [0.25, 0.3) is 0 Å². The molecule has 0 aromatic heterocycles. The number of nitrogens with zero attached hydrogens (tertiary/aromatic N) is 1. The number of phosphoric ester groups is 1. The van der Waals surface area contributed by atoms with E-state index in [0.29, 0.717) is 17.6 Å². The number of likely N-dealkylation sites (N-methyl/N-ethyl adjacent to an activating group) is 1. The molecule has 330 valence electrons. The molecule has 0 fully saturated rings. The Labute approximate surface area is 346 Å². The molecule has 0 radical (unpaired) electrons. The fourth-order valence-electron chi connectivity index (χ4n) is 6.38. The van der Waals surface area contributed by atoms with Crippen molar-refractivity contribution in [3.05, 3.63) is 36.5 Å². The SMILES string of the molecule is CC/C=C\C/C=C\C/C=C\CCCCCC(=O)OC(COCCCCCCCCCCCCCCCCCCCCCCC)COP(=O)([O-])OCC[N+](C)(C)C. The zero-order valence-corrected chi connectivity index (χ0v) is 38.2. The fraction of sp³-hybridized carbons (Fsp3) is 0.851. The lowest BCUT2D eigenvalue weighted by atomic mass is 10.0. The fourth-order valence-corrected chi connectivity index (χ4v) is 7.11. The summed E-state index contributed by atoms with van der Waals surface area (Å²) in [5, 5.41) is 0. The Balaban J connectivity index is 4.14. The molecule has 0 aliphatic rings. The van der Waals surface area contributed by atoms with E-state index in [1.165, 1.54) is 122 Å². The highest BCUT2D eigenvalue weighted by Crippen LogP contribution is 2.38. The monoisotopic (exact) mass is 812 g/mol. The number of phosphoric acid groups is 1. The molecule has 0 aliphatic carbocycles. The molecule has 0 saturated heterocycles. The van der Waals surface area contributed by atoms with E-state index < -0.39 is 13.9 Å². The second-order valence-electron chi connectivity index (χ2n) is 16.7. The van der Waals surface area contributed by atoms with E-state index in [4.69, 9.17) is 18.5 Å². The molecule has 2 unspecified atom stereocenters. The molecule has 0 rings (SSSR count). The molecule has 0 heterocycles. The highest BCUT2D eigenvalue weighted by atomic mass is 31.2. The number of quaternary nitrogens is 1. The number of rotatable bonds is 43. The van der Waals surface area contributed by atoms with E-state index in [1.807, 2.05) is 21.1 Å². The summed E-state index contributed by atoms with van der Waals surface area (Å²) in [5.41, 5.74) is 0. The highest BCUT2D eigenvalue weighted by molar-refractivity contribution is 7.45. The Bertz CT molecular complexity index is 994. The van der Waals surface area contributed by atoms with Crippen molar-refractivity contribution in [2.24, 2.45) is 0 Å². The zero-order chi connectivity index (χ0) is 41.3. The number of ether oxygens (including phenoxy) is 2. The van der Waals surface area contributed by atoms with Gasteiger partial charge in [-0.15, -0.1) is 0 Å². The maximum absolute atomic E-state index is 12.7. The van der Waals surface area contributed by atoms with Gasteiger partial charge in [-0.2, -0.15) is 0 Å². The molecule has 8 nitrogen and oxygen atoms in total. The summed E-state index contributed by atoms with van der Waals surface area (Å²) in [5.74, 6) is -0.360. The lowest BCUT2D eigenvalue weighted by molar-refractivity contribution is -0.870. The highest BCUT2D eigenvalue weighted by Gasteiger charge is 2.20. The number of unbranched alkanes of at least 4 members (excludes halogenated alkanes) is 23. The number of carbonyl (C=O) groups is 1. The van der Waals surface area contributed by atoms with Gasteiger partial charge in [-0.25, -0.2) is 0 Å². The molecule has 0 N–H and O–H groups in total. The van der Waals surface area contributed by atoms with Crippen LogP contribution in [-0.2, 0) is 27.9 Å². The predicted molar refractivity (Wildman–Crippen MR) is 236 cm³/mol. The first kappa shape index (κ1) is 54.7. The van der Waals surface area contributed by atoms with Gasteiger partial charge in [0, 0.05) is 13.0 Å². The molecule has 0 amide bonds. The van der Waals surface area contributed by atoms with E-state index in [0.717, 1.165) is 57.8 Å². The summed E-state index contributed by atoms with van der Waals surface area (Å²) in [7, 11) is 1.34. The van der Waals surface area contributed by atoms with E-state index >= 15 is 0 Å². The Kier molecular flexibility index (Phi) is 39.6. The van der Waals surface area contributed by atoms with Gasteiger partial charge < -0.3 is 27.9 Å². The van der Waals surface area contributed by atoms with Crippen LogP contribution < -0.4 is 4.89 Å². The minimum atomic E-state index is -4.53. The predicted octanol–water partition coefficient (Wildman–Crippen LogP) is 13.1. The molecule has 0 bridgehead atoms. The van der Waals surface area contributed by atoms with Crippen molar-refractivity contribution < 1.29 is 37.3 Å². The lowest BCUT2D eigenvalue weighted by Crippen LogP contribution is -2.37. The van der Waals surface area contributed by atoms with Gasteiger partial charge in [-0.1, -0.05) is 185 Å². The Morgan fingerprint density at radius 2 is 1.04 bits per heavy atom. The summed E-state index contributed by atoms with van der Waals surface area (Å²) < 4.78 is 34.6.